The first-order chi connectivity index (χ1) is 17.3. The first-order valence-corrected chi connectivity index (χ1v) is 11.5. The quantitative estimate of drug-likeness (QED) is 0.257. The molecule has 0 atom stereocenters. The van der Waals surface area contributed by atoms with Crippen LogP contribution in [0.15, 0.2) is 79.0 Å². The van der Waals surface area contributed by atoms with Crippen molar-refractivity contribution < 1.29 is 9.72 Å². The van der Waals surface area contributed by atoms with E-state index >= 15 is 0 Å². The molecule has 0 bridgehead atoms. The van der Waals surface area contributed by atoms with E-state index in [0.29, 0.717) is 12.2 Å². The number of carbonyl (C=O) groups excluding carboxylic acids is 1. The molecule has 36 heavy (non-hydrogen) atoms. The summed E-state index contributed by atoms with van der Waals surface area (Å²) in [5.74, 6) is 0.00111. The average Bonchev–Trinajstić information content (AvgIpc) is 3.26. The molecule has 1 N–H and O–H groups in total. The van der Waals surface area contributed by atoms with Gasteiger partial charge in [-0.3, -0.25) is 14.9 Å². The number of anilines is 1. The number of rotatable bonds is 6. The van der Waals surface area contributed by atoms with Crippen LogP contribution in [0.25, 0.3) is 44.2 Å². The van der Waals surface area contributed by atoms with Crippen molar-refractivity contribution in [3.8, 4) is 22.3 Å². The number of hydrogen-bond acceptors (Lipinski definition) is 5. The summed E-state index contributed by atoms with van der Waals surface area (Å²) in [5, 5.41) is 13.1. The highest BCUT2D eigenvalue weighted by Gasteiger charge is 2.19. The second-order valence-corrected chi connectivity index (χ2v) is 8.99. The van der Waals surface area contributed by atoms with E-state index in [2.05, 4.69) is 9.97 Å². The molecule has 8 nitrogen and oxygen atoms in total. The summed E-state index contributed by atoms with van der Waals surface area (Å²) in [4.78, 5) is 35.1. The number of aromatic amines is 1. The molecule has 0 saturated carbocycles. The summed E-state index contributed by atoms with van der Waals surface area (Å²) < 4.78 is 0. The fourth-order valence-corrected chi connectivity index (χ4v) is 4.47. The van der Waals surface area contributed by atoms with E-state index in [1.807, 2.05) is 79.8 Å². The van der Waals surface area contributed by atoms with Crippen molar-refractivity contribution >= 4 is 39.2 Å². The molecule has 1 amide bonds. The third kappa shape index (κ3) is 4.18. The number of nitro benzene ring substituents is 1. The SMILES string of the molecule is CN(C)CC(=O)N(C)c1ccc(-c2cnc3[nH]c4ccc([N+](=O)[O-])cc4c3c2-c2ccccc2)cc1. The number of likely N-dealkylation sites (N-methyl/N-ethyl adjacent to an activating group) is 2. The molecule has 0 unspecified atom stereocenters. The molecule has 2 aromatic heterocycles. The maximum atomic E-state index is 12.5. The number of H-pyrrole nitrogens is 1. The Bertz CT molecular complexity index is 1590. The average molecular weight is 480 g/mol. The second kappa shape index (κ2) is 9.24. The van der Waals surface area contributed by atoms with Crippen LogP contribution in [0.1, 0.15) is 0 Å². The number of nitrogens with zero attached hydrogens (tertiary/aromatic N) is 4. The second-order valence-electron chi connectivity index (χ2n) is 8.99. The fourth-order valence-electron chi connectivity index (χ4n) is 4.47. The molecule has 3 aromatic carbocycles. The first kappa shape index (κ1) is 23.2. The van der Waals surface area contributed by atoms with Crippen LogP contribution >= 0.6 is 0 Å². The molecule has 2 heterocycles. The Morgan fingerprint density at radius 3 is 2.36 bits per heavy atom. The van der Waals surface area contributed by atoms with Crippen molar-refractivity contribution in [2.75, 3.05) is 32.6 Å². The normalized spacial score (nSPS) is 11.3. The summed E-state index contributed by atoms with van der Waals surface area (Å²) in [5.41, 5.74) is 6.03. The summed E-state index contributed by atoms with van der Waals surface area (Å²) in [6.07, 6.45) is 1.82. The van der Waals surface area contributed by atoms with Gasteiger partial charge in [0.25, 0.3) is 5.69 Å². The standard InChI is InChI=1S/C28H25N5O3/c1-31(2)17-25(34)32(3)20-11-9-18(10-12-20)23-16-29-28-27(26(23)19-7-5-4-6-8-19)22-15-21(33(35)36)13-14-24(22)30-28/h4-16H,17H2,1-3H3,(H,29,30). The maximum Gasteiger partial charge on any atom is 0.270 e. The van der Waals surface area contributed by atoms with Crippen molar-refractivity contribution in [1.82, 2.24) is 14.9 Å². The van der Waals surface area contributed by atoms with Gasteiger partial charge in [0.1, 0.15) is 5.65 Å². The van der Waals surface area contributed by atoms with Crippen LogP contribution in [0, 0.1) is 10.1 Å². The summed E-state index contributed by atoms with van der Waals surface area (Å²) >= 11 is 0. The number of nitrogens with one attached hydrogen (secondary N) is 1. The smallest absolute Gasteiger partial charge is 0.270 e. The molecule has 0 radical (unpaired) electrons. The topological polar surface area (TPSA) is 95.4 Å². The Labute approximate surface area is 207 Å². The van der Waals surface area contributed by atoms with Gasteiger partial charge in [0.05, 0.1) is 11.5 Å². The molecule has 0 spiro atoms. The highest BCUT2D eigenvalue weighted by molar-refractivity contribution is 6.16. The molecule has 5 rings (SSSR count). The van der Waals surface area contributed by atoms with E-state index < -0.39 is 0 Å². The van der Waals surface area contributed by atoms with E-state index in [0.717, 1.165) is 44.2 Å². The van der Waals surface area contributed by atoms with Gasteiger partial charge in [0, 0.05) is 58.5 Å². The van der Waals surface area contributed by atoms with Crippen LogP contribution in [-0.2, 0) is 4.79 Å². The number of hydrogen-bond donors (Lipinski definition) is 1. The van der Waals surface area contributed by atoms with E-state index in [9.17, 15) is 14.9 Å². The zero-order valence-corrected chi connectivity index (χ0v) is 20.2. The molecule has 8 heteroatoms. The maximum absolute atomic E-state index is 12.5. The molecule has 0 fully saturated rings. The lowest BCUT2D eigenvalue weighted by Crippen LogP contribution is -2.34. The van der Waals surface area contributed by atoms with Crippen LogP contribution in [-0.4, -0.2) is 53.4 Å². The molecule has 180 valence electrons. The molecular weight excluding hydrogens is 454 g/mol. The van der Waals surface area contributed by atoms with E-state index in [1.54, 1.807) is 24.1 Å². The number of carbonyl (C=O) groups is 1. The zero-order chi connectivity index (χ0) is 25.4. The minimum absolute atomic E-state index is 0.00111. The van der Waals surface area contributed by atoms with E-state index in [1.165, 1.54) is 6.07 Å². The van der Waals surface area contributed by atoms with Crippen molar-refractivity contribution in [1.29, 1.82) is 0 Å². The third-order valence-electron chi connectivity index (χ3n) is 6.27. The summed E-state index contributed by atoms with van der Waals surface area (Å²) in [6.45, 7) is 0.323. The predicted octanol–water partition coefficient (Wildman–Crippen LogP) is 5.48. The van der Waals surface area contributed by atoms with Gasteiger partial charge < -0.3 is 14.8 Å². The number of aromatic nitrogens is 2. The van der Waals surface area contributed by atoms with Gasteiger partial charge in [-0.25, -0.2) is 4.98 Å². The Hall–Kier alpha value is -4.56. The lowest BCUT2D eigenvalue weighted by Gasteiger charge is -2.20. The third-order valence-corrected chi connectivity index (χ3v) is 6.27. The number of fused-ring (bicyclic) bond motifs is 3. The number of amides is 1. The molecule has 0 aliphatic carbocycles. The first-order valence-electron chi connectivity index (χ1n) is 11.5. The number of non-ortho nitro benzene ring substituents is 1. The van der Waals surface area contributed by atoms with Crippen molar-refractivity contribution in [2.45, 2.75) is 0 Å². The van der Waals surface area contributed by atoms with Gasteiger partial charge in [-0.05, 0) is 43.4 Å². The van der Waals surface area contributed by atoms with Crippen LogP contribution in [0.3, 0.4) is 0 Å². The predicted molar refractivity (Wildman–Crippen MR) is 143 cm³/mol. The fraction of sp³-hybridized carbons (Fsp3) is 0.143. The Morgan fingerprint density at radius 2 is 1.69 bits per heavy atom. The van der Waals surface area contributed by atoms with Crippen LogP contribution < -0.4 is 4.90 Å². The van der Waals surface area contributed by atoms with Gasteiger partial charge in [-0.1, -0.05) is 42.5 Å². The van der Waals surface area contributed by atoms with E-state index in [-0.39, 0.29) is 16.5 Å². The van der Waals surface area contributed by atoms with Crippen LogP contribution in [0.5, 0.6) is 0 Å². The largest absolute Gasteiger partial charge is 0.339 e. The molecular formula is C28H25N5O3. The Kier molecular flexibility index (Phi) is 5.95. The van der Waals surface area contributed by atoms with Gasteiger partial charge in [0.15, 0.2) is 0 Å². The van der Waals surface area contributed by atoms with Gasteiger partial charge in [0.2, 0.25) is 5.91 Å². The lowest BCUT2D eigenvalue weighted by atomic mass is 9.92. The number of benzene rings is 3. The lowest BCUT2D eigenvalue weighted by molar-refractivity contribution is -0.384. The number of pyridine rings is 1. The summed E-state index contributed by atoms with van der Waals surface area (Å²) in [6, 6.07) is 22.5. The monoisotopic (exact) mass is 479 g/mol. The van der Waals surface area contributed by atoms with Gasteiger partial charge in [-0.2, -0.15) is 0 Å². The number of nitro groups is 1. The van der Waals surface area contributed by atoms with Crippen LogP contribution in [0.2, 0.25) is 0 Å². The molecule has 0 saturated heterocycles. The highest BCUT2D eigenvalue weighted by Crippen LogP contribution is 2.41. The van der Waals surface area contributed by atoms with Gasteiger partial charge in [-0.15, -0.1) is 0 Å². The molecule has 0 aliphatic rings. The summed E-state index contributed by atoms with van der Waals surface area (Å²) in [7, 11) is 5.49. The van der Waals surface area contributed by atoms with Crippen molar-refractivity contribution in [2.24, 2.45) is 0 Å². The van der Waals surface area contributed by atoms with Crippen LogP contribution in [0.4, 0.5) is 11.4 Å². The Morgan fingerprint density at radius 1 is 0.972 bits per heavy atom. The molecule has 0 aliphatic heterocycles. The Balaban J connectivity index is 1.69. The van der Waals surface area contributed by atoms with Crippen molar-refractivity contribution in [3.63, 3.8) is 0 Å². The van der Waals surface area contributed by atoms with E-state index in [4.69, 9.17) is 0 Å². The van der Waals surface area contributed by atoms with Crippen molar-refractivity contribution in [3.05, 3.63) is 89.1 Å². The minimum atomic E-state index is -0.384. The molecule has 5 aromatic rings. The zero-order valence-electron chi connectivity index (χ0n) is 20.2. The highest BCUT2D eigenvalue weighted by atomic mass is 16.6. The van der Waals surface area contributed by atoms with Gasteiger partial charge >= 0.3 is 0 Å². The minimum Gasteiger partial charge on any atom is -0.339 e.